The minimum absolute atomic E-state index is 0.0236. The summed E-state index contributed by atoms with van der Waals surface area (Å²) < 4.78 is 22.1. The number of carbonyl (C=O) groups is 2. The third kappa shape index (κ3) is 4.08. The Morgan fingerprint density at radius 3 is 2.22 bits per heavy atom. The number of fused-ring (bicyclic) bond motifs is 1. The molecule has 1 aromatic carbocycles. The first-order valence-electron chi connectivity index (χ1n) is 11.2. The lowest BCUT2D eigenvalue weighted by molar-refractivity contribution is 0.0204. The second-order valence-corrected chi connectivity index (χ2v) is 8.63. The Morgan fingerprint density at radius 1 is 0.969 bits per heavy atom. The minimum atomic E-state index is -0.360. The third-order valence-corrected chi connectivity index (χ3v) is 6.68. The standard InChI is InChI=1S/C25H31NO6/c1-14-22-18(26-23(14)25(28)32-17-8-6-5-7-9-17)10-15(11-19(22)27)16-12-20(29-2)24(31-4)21(13-16)30-3/h12-13,15,17,26H,5-11H2,1-4H3/t15-/m1/s1. The maximum Gasteiger partial charge on any atom is 0.355 e. The van der Waals surface area contributed by atoms with E-state index in [2.05, 4.69) is 4.98 Å². The van der Waals surface area contributed by atoms with Gasteiger partial charge in [0.25, 0.3) is 0 Å². The number of aromatic amines is 1. The van der Waals surface area contributed by atoms with E-state index in [0.717, 1.165) is 36.9 Å². The van der Waals surface area contributed by atoms with Crippen LogP contribution in [0.4, 0.5) is 0 Å². The molecule has 4 rings (SSSR count). The summed E-state index contributed by atoms with van der Waals surface area (Å²) in [6.07, 6.45) is 6.12. The summed E-state index contributed by atoms with van der Waals surface area (Å²) in [5.74, 6) is 1.23. The monoisotopic (exact) mass is 441 g/mol. The van der Waals surface area contributed by atoms with E-state index in [1.54, 1.807) is 21.3 Å². The predicted octanol–water partition coefficient (Wildman–Crippen LogP) is 4.75. The number of benzene rings is 1. The van der Waals surface area contributed by atoms with Crippen LogP contribution in [0.1, 0.15) is 82.1 Å². The fraction of sp³-hybridized carbons (Fsp3) is 0.520. The summed E-state index contributed by atoms with van der Waals surface area (Å²) >= 11 is 0. The van der Waals surface area contributed by atoms with Crippen LogP contribution in [0.15, 0.2) is 12.1 Å². The van der Waals surface area contributed by atoms with Gasteiger partial charge in [0.1, 0.15) is 11.8 Å². The van der Waals surface area contributed by atoms with Crippen molar-refractivity contribution in [2.24, 2.45) is 0 Å². The molecule has 0 bridgehead atoms. The zero-order valence-electron chi connectivity index (χ0n) is 19.2. The Bertz CT molecular complexity index is 993. The average Bonchev–Trinajstić information content (AvgIpc) is 3.15. The Morgan fingerprint density at radius 2 is 1.62 bits per heavy atom. The number of H-pyrrole nitrogens is 1. The lowest BCUT2D eigenvalue weighted by Crippen LogP contribution is -2.21. The van der Waals surface area contributed by atoms with Crippen molar-refractivity contribution in [2.75, 3.05) is 21.3 Å². The van der Waals surface area contributed by atoms with Crippen LogP contribution in [-0.4, -0.2) is 44.2 Å². The molecule has 0 radical (unpaired) electrons. The number of nitrogens with one attached hydrogen (secondary N) is 1. The molecule has 2 aromatic rings. The Kier molecular flexibility index (Phi) is 6.44. The summed E-state index contributed by atoms with van der Waals surface area (Å²) in [6, 6.07) is 3.77. The van der Waals surface area contributed by atoms with Crippen LogP contribution in [0.2, 0.25) is 0 Å². The zero-order chi connectivity index (χ0) is 22.8. The van der Waals surface area contributed by atoms with Crippen molar-refractivity contribution in [3.8, 4) is 17.2 Å². The first kappa shape index (κ1) is 22.2. The number of hydrogen-bond donors (Lipinski definition) is 1. The molecular formula is C25H31NO6. The fourth-order valence-electron chi connectivity index (χ4n) is 5.00. The number of methoxy groups -OCH3 is 3. The van der Waals surface area contributed by atoms with Gasteiger partial charge in [0.15, 0.2) is 17.3 Å². The van der Waals surface area contributed by atoms with Crippen LogP contribution in [0.5, 0.6) is 17.2 Å². The number of hydrogen-bond acceptors (Lipinski definition) is 6. The molecule has 2 aliphatic rings. The molecule has 172 valence electrons. The highest BCUT2D eigenvalue weighted by atomic mass is 16.5. The lowest BCUT2D eigenvalue weighted by atomic mass is 9.81. The van der Waals surface area contributed by atoms with Gasteiger partial charge >= 0.3 is 5.97 Å². The van der Waals surface area contributed by atoms with Gasteiger partial charge in [-0.15, -0.1) is 0 Å². The molecule has 2 aliphatic carbocycles. The van der Waals surface area contributed by atoms with Gasteiger partial charge in [-0.1, -0.05) is 6.42 Å². The second kappa shape index (κ2) is 9.27. The molecule has 1 heterocycles. The van der Waals surface area contributed by atoms with Crippen LogP contribution < -0.4 is 14.2 Å². The van der Waals surface area contributed by atoms with Crippen molar-refractivity contribution < 1.29 is 28.5 Å². The molecule has 1 aromatic heterocycles. The van der Waals surface area contributed by atoms with Crippen LogP contribution in [0.25, 0.3) is 0 Å². The van der Waals surface area contributed by atoms with E-state index >= 15 is 0 Å². The number of Topliss-reactive ketones (excluding diaryl/α,β-unsaturated/α-hetero) is 1. The Hall–Kier alpha value is -2.96. The highest BCUT2D eigenvalue weighted by Crippen LogP contribution is 2.43. The van der Waals surface area contributed by atoms with Crippen molar-refractivity contribution in [3.63, 3.8) is 0 Å². The first-order valence-corrected chi connectivity index (χ1v) is 11.2. The van der Waals surface area contributed by atoms with Gasteiger partial charge < -0.3 is 23.9 Å². The zero-order valence-corrected chi connectivity index (χ0v) is 19.2. The summed E-state index contributed by atoms with van der Waals surface area (Å²) in [7, 11) is 4.71. The number of aromatic nitrogens is 1. The maximum atomic E-state index is 13.1. The molecule has 1 N–H and O–H groups in total. The number of carbonyl (C=O) groups excluding carboxylic acids is 2. The van der Waals surface area contributed by atoms with Gasteiger partial charge in [-0.25, -0.2) is 4.79 Å². The van der Waals surface area contributed by atoms with Crippen molar-refractivity contribution in [1.29, 1.82) is 0 Å². The minimum Gasteiger partial charge on any atom is -0.493 e. The van der Waals surface area contributed by atoms with Gasteiger partial charge in [0, 0.05) is 17.7 Å². The molecule has 0 unspecified atom stereocenters. The summed E-state index contributed by atoms with van der Waals surface area (Å²) in [5.41, 5.74) is 3.43. The molecule has 1 saturated carbocycles. The van der Waals surface area contributed by atoms with Crippen molar-refractivity contribution >= 4 is 11.8 Å². The van der Waals surface area contributed by atoms with E-state index in [-0.39, 0.29) is 23.8 Å². The average molecular weight is 442 g/mol. The molecule has 7 nitrogen and oxygen atoms in total. The lowest BCUT2D eigenvalue weighted by Gasteiger charge is -2.24. The molecule has 0 saturated heterocycles. The Balaban J connectivity index is 1.61. The smallest absolute Gasteiger partial charge is 0.355 e. The van der Waals surface area contributed by atoms with E-state index in [1.807, 2.05) is 19.1 Å². The molecule has 0 aliphatic heterocycles. The van der Waals surface area contributed by atoms with E-state index in [0.29, 0.717) is 46.9 Å². The highest BCUT2D eigenvalue weighted by Gasteiger charge is 2.33. The quantitative estimate of drug-likeness (QED) is 0.651. The van der Waals surface area contributed by atoms with E-state index in [9.17, 15) is 9.59 Å². The van der Waals surface area contributed by atoms with Crippen LogP contribution in [-0.2, 0) is 11.2 Å². The van der Waals surface area contributed by atoms with Crippen LogP contribution >= 0.6 is 0 Å². The molecular weight excluding hydrogens is 410 g/mol. The summed E-state index contributed by atoms with van der Waals surface area (Å²) in [6.45, 7) is 1.82. The first-order chi connectivity index (χ1) is 15.5. The molecule has 0 amide bonds. The largest absolute Gasteiger partial charge is 0.493 e. The van der Waals surface area contributed by atoms with E-state index in [4.69, 9.17) is 18.9 Å². The maximum absolute atomic E-state index is 13.1. The van der Waals surface area contributed by atoms with Gasteiger partial charge in [0.05, 0.1) is 21.3 Å². The van der Waals surface area contributed by atoms with Crippen LogP contribution in [0, 0.1) is 6.92 Å². The molecule has 1 atom stereocenters. The fourth-order valence-corrected chi connectivity index (χ4v) is 5.00. The van der Waals surface area contributed by atoms with Gasteiger partial charge in [-0.2, -0.15) is 0 Å². The number of ketones is 1. The van der Waals surface area contributed by atoms with Gasteiger partial charge in [-0.3, -0.25) is 4.79 Å². The normalized spacial score (nSPS) is 18.8. The predicted molar refractivity (Wildman–Crippen MR) is 119 cm³/mol. The number of esters is 1. The van der Waals surface area contributed by atoms with Crippen molar-refractivity contribution in [2.45, 2.75) is 63.9 Å². The molecule has 1 fully saturated rings. The van der Waals surface area contributed by atoms with Crippen LogP contribution in [0.3, 0.4) is 0 Å². The van der Waals surface area contributed by atoms with Gasteiger partial charge in [-0.05, 0) is 68.2 Å². The van der Waals surface area contributed by atoms with Gasteiger partial charge in [0.2, 0.25) is 5.75 Å². The highest BCUT2D eigenvalue weighted by molar-refractivity contribution is 6.03. The topological polar surface area (TPSA) is 86.9 Å². The third-order valence-electron chi connectivity index (χ3n) is 6.68. The Labute approximate surface area is 188 Å². The SMILES string of the molecule is COc1cc([C@H]2CC(=O)c3c([nH]c(C(=O)OC4CCCCC4)c3C)C2)cc(OC)c1OC. The molecule has 32 heavy (non-hydrogen) atoms. The van der Waals surface area contributed by atoms with Crippen molar-refractivity contribution in [3.05, 3.63) is 40.2 Å². The van der Waals surface area contributed by atoms with E-state index < -0.39 is 0 Å². The number of ether oxygens (including phenoxy) is 4. The number of rotatable bonds is 6. The van der Waals surface area contributed by atoms with Crippen molar-refractivity contribution in [1.82, 2.24) is 4.98 Å². The van der Waals surface area contributed by atoms with E-state index in [1.165, 1.54) is 6.42 Å². The summed E-state index contributed by atoms with van der Waals surface area (Å²) in [5, 5.41) is 0. The molecule has 7 heteroatoms. The molecule has 0 spiro atoms. The second-order valence-electron chi connectivity index (χ2n) is 8.63. The summed E-state index contributed by atoms with van der Waals surface area (Å²) in [4.78, 5) is 29.1.